The highest BCUT2D eigenvalue weighted by Gasteiger charge is 2.18. The Morgan fingerprint density at radius 3 is 2.29 bits per heavy atom. The summed E-state index contributed by atoms with van der Waals surface area (Å²) in [7, 11) is -0.662. The molecule has 0 fully saturated rings. The van der Waals surface area contributed by atoms with Crippen LogP contribution in [0.25, 0.3) is 11.0 Å². The molecule has 21 heavy (non-hydrogen) atoms. The van der Waals surface area contributed by atoms with Crippen molar-refractivity contribution in [2.75, 3.05) is 25.2 Å². The van der Waals surface area contributed by atoms with E-state index in [0.717, 1.165) is 6.26 Å². The number of methoxy groups -OCH3 is 2. The number of anilines is 1. The Bertz CT molecular complexity index is 808. The molecule has 0 aliphatic rings. The fraction of sp³-hybridized carbons (Fsp3) is 0.333. The molecule has 9 heteroatoms. The maximum absolute atomic E-state index is 11.5. The van der Waals surface area contributed by atoms with Gasteiger partial charge in [0.15, 0.2) is 0 Å². The van der Waals surface area contributed by atoms with Crippen molar-refractivity contribution in [2.45, 2.75) is 6.92 Å². The molecular formula is C12H14ClN3O4S. The van der Waals surface area contributed by atoms with Crippen LogP contribution in [0.2, 0.25) is 5.02 Å². The van der Waals surface area contributed by atoms with Crippen LogP contribution in [0.5, 0.6) is 11.8 Å². The van der Waals surface area contributed by atoms with E-state index in [1.54, 1.807) is 13.0 Å². The highest BCUT2D eigenvalue weighted by molar-refractivity contribution is 7.92. The van der Waals surface area contributed by atoms with Gasteiger partial charge >= 0.3 is 0 Å². The Hall–Kier alpha value is -1.80. The molecule has 0 aliphatic carbocycles. The van der Waals surface area contributed by atoms with Gasteiger partial charge in [-0.15, -0.1) is 0 Å². The van der Waals surface area contributed by atoms with E-state index < -0.39 is 10.0 Å². The maximum atomic E-state index is 11.5. The summed E-state index contributed by atoms with van der Waals surface area (Å²) in [6.07, 6.45) is 1.03. The van der Waals surface area contributed by atoms with Gasteiger partial charge < -0.3 is 9.47 Å². The number of aryl methyl sites for hydroxylation is 1. The summed E-state index contributed by atoms with van der Waals surface area (Å²) in [5.41, 5.74) is 1.56. The molecule has 1 N–H and O–H groups in total. The van der Waals surface area contributed by atoms with Crippen molar-refractivity contribution in [1.82, 2.24) is 9.97 Å². The molecule has 0 bridgehead atoms. The Balaban J connectivity index is 2.84. The lowest BCUT2D eigenvalue weighted by molar-refractivity contribution is 0.334. The van der Waals surface area contributed by atoms with Crippen molar-refractivity contribution < 1.29 is 17.9 Å². The van der Waals surface area contributed by atoms with E-state index >= 15 is 0 Å². The number of hydrogen-bond acceptors (Lipinski definition) is 6. The van der Waals surface area contributed by atoms with Crippen LogP contribution in [0, 0.1) is 6.92 Å². The largest absolute Gasteiger partial charge is 0.477 e. The van der Waals surface area contributed by atoms with Gasteiger partial charge in [0.1, 0.15) is 5.52 Å². The predicted molar refractivity (Wildman–Crippen MR) is 80.9 cm³/mol. The Morgan fingerprint density at radius 2 is 1.76 bits per heavy atom. The van der Waals surface area contributed by atoms with E-state index in [1.807, 2.05) is 0 Å². The van der Waals surface area contributed by atoms with Gasteiger partial charge in [-0.1, -0.05) is 11.6 Å². The van der Waals surface area contributed by atoms with Crippen molar-refractivity contribution in [3.63, 3.8) is 0 Å². The number of nitrogens with one attached hydrogen (secondary N) is 1. The molecule has 0 saturated heterocycles. The molecule has 0 spiro atoms. The van der Waals surface area contributed by atoms with Gasteiger partial charge in [0, 0.05) is 0 Å². The SMILES string of the molecule is COc1nc2cc(C)c(Cl)c(NS(C)(=O)=O)c2nc1OC. The molecule has 0 saturated carbocycles. The number of sulfonamides is 1. The van der Waals surface area contributed by atoms with Gasteiger partial charge in [0.25, 0.3) is 11.8 Å². The third-order valence-electron chi connectivity index (χ3n) is 2.69. The fourth-order valence-electron chi connectivity index (χ4n) is 1.82. The molecule has 0 aliphatic heterocycles. The number of benzene rings is 1. The van der Waals surface area contributed by atoms with Gasteiger partial charge in [-0.05, 0) is 18.6 Å². The first-order valence-electron chi connectivity index (χ1n) is 5.83. The zero-order valence-electron chi connectivity index (χ0n) is 11.9. The number of nitrogens with zero attached hydrogens (tertiary/aromatic N) is 2. The van der Waals surface area contributed by atoms with E-state index in [2.05, 4.69) is 14.7 Å². The van der Waals surface area contributed by atoms with Crippen LogP contribution in [-0.4, -0.2) is 38.9 Å². The van der Waals surface area contributed by atoms with E-state index in [1.165, 1.54) is 14.2 Å². The van der Waals surface area contributed by atoms with E-state index in [0.29, 0.717) is 11.1 Å². The molecule has 2 rings (SSSR count). The zero-order valence-corrected chi connectivity index (χ0v) is 13.5. The maximum Gasteiger partial charge on any atom is 0.278 e. The lowest BCUT2D eigenvalue weighted by Gasteiger charge is -2.13. The first-order chi connectivity index (χ1) is 9.76. The van der Waals surface area contributed by atoms with Gasteiger partial charge in [-0.25, -0.2) is 18.4 Å². The van der Waals surface area contributed by atoms with Crippen LogP contribution in [0.1, 0.15) is 5.56 Å². The first kappa shape index (κ1) is 15.6. The molecule has 1 aromatic carbocycles. The second-order valence-corrected chi connectivity index (χ2v) is 6.49. The van der Waals surface area contributed by atoms with Crippen molar-refractivity contribution in [2.24, 2.45) is 0 Å². The minimum absolute atomic E-state index is 0.140. The topological polar surface area (TPSA) is 90.4 Å². The smallest absolute Gasteiger partial charge is 0.278 e. The van der Waals surface area contributed by atoms with E-state index in [9.17, 15) is 8.42 Å². The van der Waals surface area contributed by atoms with Crippen molar-refractivity contribution in [1.29, 1.82) is 0 Å². The third-order valence-corrected chi connectivity index (χ3v) is 3.75. The minimum Gasteiger partial charge on any atom is -0.477 e. The van der Waals surface area contributed by atoms with Crippen LogP contribution in [-0.2, 0) is 10.0 Å². The lowest BCUT2D eigenvalue weighted by Crippen LogP contribution is -2.11. The minimum atomic E-state index is -3.52. The average Bonchev–Trinajstić information content (AvgIpc) is 2.41. The quantitative estimate of drug-likeness (QED) is 0.921. The molecule has 0 amide bonds. The number of fused-ring (bicyclic) bond motifs is 1. The predicted octanol–water partition coefficient (Wildman–Crippen LogP) is 1.98. The number of halogens is 1. The molecule has 114 valence electrons. The monoisotopic (exact) mass is 331 g/mol. The van der Waals surface area contributed by atoms with Crippen molar-refractivity contribution in [3.05, 3.63) is 16.7 Å². The lowest BCUT2D eigenvalue weighted by atomic mass is 10.2. The van der Waals surface area contributed by atoms with Crippen molar-refractivity contribution in [3.8, 4) is 11.8 Å². The summed E-state index contributed by atoms with van der Waals surface area (Å²) in [4.78, 5) is 8.48. The van der Waals surface area contributed by atoms with Crippen LogP contribution in [0.3, 0.4) is 0 Å². The number of aromatic nitrogens is 2. The normalized spacial score (nSPS) is 11.5. The van der Waals surface area contributed by atoms with Gasteiger partial charge in [-0.2, -0.15) is 0 Å². The number of ether oxygens (including phenoxy) is 2. The van der Waals surface area contributed by atoms with Crippen LogP contribution in [0.15, 0.2) is 6.07 Å². The Kier molecular flexibility index (Phi) is 4.11. The molecule has 7 nitrogen and oxygen atoms in total. The van der Waals surface area contributed by atoms with Crippen LogP contribution >= 0.6 is 11.6 Å². The highest BCUT2D eigenvalue weighted by atomic mass is 35.5. The highest BCUT2D eigenvalue weighted by Crippen LogP contribution is 2.36. The summed E-state index contributed by atoms with van der Waals surface area (Å²) in [6.45, 7) is 1.74. The zero-order chi connectivity index (χ0) is 15.8. The molecule has 0 unspecified atom stereocenters. The summed E-state index contributed by atoms with van der Waals surface area (Å²) in [5.74, 6) is 0.346. The number of hydrogen-bond donors (Lipinski definition) is 1. The number of rotatable bonds is 4. The molecule has 1 aromatic heterocycles. The fourth-order valence-corrected chi connectivity index (χ4v) is 2.63. The van der Waals surface area contributed by atoms with Crippen LogP contribution < -0.4 is 14.2 Å². The summed E-state index contributed by atoms with van der Waals surface area (Å²) < 4.78 is 35.6. The standard InChI is InChI=1S/C12H14ClN3O4S/c1-6-5-7-9(10(8(6)13)16-21(4,17)18)15-12(20-3)11(14-7)19-2/h5,16H,1-4H3. The molecule has 2 aromatic rings. The molecular weight excluding hydrogens is 318 g/mol. The van der Waals surface area contributed by atoms with E-state index in [-0.39, 0.29) is 28.0 Å². The summed E-state index contributed by atoms with van der Waals surface area (Å²) >= 11 is 6.18. The summed E-state index contributed by atoms with van der Waals surface area (Å²) in [5, 5.41) is 0.259. The molecule has 0 radical (unpaired) electrons. The molecule has 0 atom stereocenters. The van der Waals surface area contributed by atoms with Gasteiger partial charge in [0.05, 0.1) is 36.7 Å². The summed E-state index contributed by atoms with van der Waals surface area (Å²) in [6, 6.07) is 1.69. The first-order valence-corrected chi connectivity index (χ1v) is 8.10. The second kappa shape index (κ2) is 5.53. The van der Waals surface area contributed by atoms with Crippen molar-refractivity contribution >= 4 is 38.3 Å². The second-order valence-electron chi connectivity index (χ2n) is 4.37. The van der Waals surface area contributed by atoms with E-state index in [4.69, 9.17) is 21.1 Å². The van der Waals surface area contributed by atoms with Gasteiger partial charge in [0.2, 0.25) is 10.0 Å². The average molecular weight is 332 g/mol. The van der Waals surface area contributed by atoms with Gasteiger partial charge in [-0.3, -0.25) is 4.72 Å². The van der Waals surface area contributed by atoms with Crippen LogP contribution in [0.4, 0.5) is 5.69 Å². The third kappa shape index (κ3) is 3.11. The molecule has 1 heterocycles. The Labute approximate surface area is 127 Å². The Morgan fingerprint density at radius 1 is 1.19 bits per heavy atom.